The lowest BCUT2D eigenvalue weighted by atomic mass is 10.1. The van der Waals surface area contributed by atoms with Crippen LogP contribution in [-0.4, -0.2) is 43.2 Å². The molecule has 0 amide bonds. The van der Waals surface area contributed by atoms with Crippen molar-refractivity contribution in [2.24, 2.45) is 5.92 Å². The molecule has 0 bridgehead atoms. The monoisotopic (exact) mass is 384 g/mol. The average Bonchev–Trinajstić information content (AvgIpc) is 3.23. The van der Waals surface area contributed by atoms with Gasteiger partial charge in [0.2, 0.25) is 0 Å². The highest BCUT2D eigenvalue weighted by Crippen LogP contribution is 2.39. The molecule has 2 N–H and O–H groups in total. The van der Waals surface area contributed by atoms with Gasteiger partial charge >= 0.3 is 0 Å². The highest BCUT2D eigenvalue weighted by molar-refractivity contribution is 7.99. The Balaban J connectivity index is 1.93. The number of aliphatic hydroxyl groups excluding tert-OH is 1. The molecule has 1 aromatic heterocycles. The van der Waals surface area contributed by atoms with Gasteiger partial charge in [-0.25, -0.2) is 4.98 Å². The summed E-state index contributed by atoms with van der Waals surface area (Å²) in [6.45, 7) is 2.10. The molecule has 4 rings (SSSR count). The summed E-state index contributed by atoms with van der Waals surface area (Å²) in [4.78, 5) is 6.02. The van der Waals surface area contributed by atoms with E-state index in [9.17, 15) is 5.11 Å². The number of thioether (sulfide) groups is 1. The van der Waals surface area contributed by atoms with E-state index in [0.717, 1.165) is 57.7 Å². The second-order valence-electron chi connectivity index (χ2n) is 6.83. The predicted molar refractivity (Wildman–Crippen MR) is 110 cm³/mol. The van der Waals surface area contributed by atoms with E-state index < -0.39 is 0 Å². The van der Waals surface area contributed by atoms with Crippen LogP contribution in [0.1, 0.15) is 12.0 Å². The van der Waals surface area contributed by atoms with Gasteiger partial charge in [0.05, 0.1) is 31.9 Å². The summed E-state index contributed by atoms with van der Waals surface area (Å²) in [5, 5.41) is 15.4. The van der Waals surface area contributed by atoms with Gasteiger partial charge in [-0.3, -0.25) is 0 Å². The Bertz CT molecular complexity index is 971. The lowest BCUT2D eigenvalue weighted by molar-refractivity contribution is 0.282. The molecule has 1 aliphatic heterocycles. The maximum atomic E-state index is 9.87. The Morgan fingerprint density at radius 2 is 1.96 bits per heavy atom. The second kappa shape index (κ2) is 7.92. The number of nitrogens with one attached hydrogen (secondary N) is 1. The smallest absolute Gasteiger partial charge is 0.120 e. The second-order valence-corrected chi connectivity index (χ2v) is 7.86. The van der Waals surface area contributed by atoms with Crippen LogP contribution in [0.5, 0.6) is 11.5 Å². The van der Waals surface area contributed by atoms with E-state index in [1.165, 1.54) is 11.3 Å². The molecule has 2 aromatic carbocycles. The normalized spacial score (nSPS) is 16.9. The lowest BCUT2D eigenvalue weighted by Gasteiger charge is -2.16. The number of methoxy groups -OCH3 is 2. The van der Waals surface area contributed by atoms with Crippen molar-refractivity contribution in [1.82, 2.24) is 10.3 Å². The van der Waals surface area contributed by atoms with Gasteiger partial charge in [-0.15, -0.1) is 11.8 Å². The number of benzene rings is 2. The highest BCUT2D eigenvalue weighted by Gasteiger charge is 2.19. The number of rotatable bonds is 6. The van der Waals surface area contributed by atoms with Crippen LogP contribution in [0.4, 0.5) is 0 Å². The third-order valence-electron chi connectivity index (χ3n) is 5.12. The number of hydrogen-bond acceptors (Lipinski definition) is 6. The topological polar surface area (TPSA) is 63.6 Å². The van der Waals surface area contributed by atoms with E-state index in [4.69, 9.17) is 14.5 Å². The summed E-state index contributed by atoms with van der Waals surface area (Å²) in [7, 11) is 3.33. The molecule has 1 atom stereocenters. The van der Waals surface area contributed by atoms with E-state index in [0.29, 0.717) is 5.92 Å². The Morgan fingerprint density at radius 1 is 1.15 bits per heavy atom. The summed E-state index contributed by atoms with van der Waals surface area (Å²) in [5.41, 5.74) is 2.53. The minimum atomic E-state index is -0.0704. The van der Waals surface area contributed by atoms with Crippen molar-refractivity contribution in [3.05, 3.63) is 35.9 Å². The van der Waals surface area contributed by atoms with Crippen LogP contribution in [0.3, 0.4) is 0 Å². The van der Waals surface area contributed by atoms with Gasteiger partial charge in [0.1, 0.15) is 11.5 Å². The molecule has 142 valence electrons. The van der Waals surface area contributed by atoms with Gasteiger partial charge < -0.3 is 19.9 Å². The fourth-order valence-corrected chi connectivity index (χ4v) is 4.93. The third-order valence-corrected chi connectivity index (χ3v) is 6.49. The van der Waals surface area contributed by atoms with E-state index in [1.807, 2.05) is 36.0 Å². The highest BCUT2D eigenvalue weighted by atomic mass is 32.2. The number of nitrogens with zero attached hydrogens (tertiary/aromatic N) is 1. The summed E-state index contributed by atoms with van der Waals surface area (Å²) in [5.74, 6) is 3.27. The molecule has 1 fully saturated rings. The molecule has 2 heterocycles. The molecule has 6 heteroatoms. The molecular formula is C21H24N2O3S. The van der Waals surface area contributed by atoms with Crippen LogP contribution < -0.4 is 14.8 Å². The summed E-state index contributed by atoms with van der Waals surface area (Å²) < 4.78 is 10.9. The fourth-order valence-electron chi connectivity index (χ4n) is 3.61. The zero-order chi connectivity index (χ0) is 18.8. The number of aromatic nitrogens is 1. The first-order chi connectivity index (χ1) is 13.2. The van der Waals surface area contributed by atoms with Gasteiger partial charge in [-0.2, -0.15) is 0 Å². The number of aliphatic hydroxyl groups is 1. The number of pyridine rings is 1. The maximum Gasteiger partial charge on any atom is 0.120 e. The van der Waals surface area contributed by atoms with Crippen LogP contribution in [-0.2, 0) is 6.61 Å². The zero-order valence-electron chi connectivity index (χ0n) is 15.6. The Hall–Kier alpha value is -2.02. The SMILES string of the molecule is COc1ccc2nc3c(CO)cc(OC)cc3c(SC[C@@H]3CCNC3)c2c1. The van der Waals surface area contributed by atoms with E-state index in [2.05, 4.69) is 11.4 Å². The summed E-state index contributed by atoms with van der Waals surface area (Å²) in [6.07, 6.45) is 1.21. The number of fused-ring (bicyclic) bond motifs is 2. The molecule has 0 saturated carbocycles. The summed E-state index contributed by atoms with van der Waals surface area (Å²) in [6, 6.07) is 9.85. The third kappa shape index (κ3) is 3.57. The first-order valence-electron chi connectivity index (χ1n) is 9.16. The number of ether oxygens (including phenoxy) is 2. The maximum absolute atomic E-state index is 9.87. The van der Waals surface area contributed by atoms with E-state index in [1.54, 1.807) is 14.2 Å². The van der Waals surface area contributed by atoms with Gasteiger partial charge in [-0.05, 0) is 55.8 Å². The quantitative estimate of drug-likeness (QED) is 0.500. The first-order valence-corrected chi connectivity index (χ1v) is 10.1. The largest absolute Gasteiger partial charge is 0.497 e. The lowest BCUT2D eigenvalue weighted by Crippen LogP contribution is -2.10. The van der Waals surface area contributed by atoms with Gasteiger partial charge in [0, 0.05) is 27.0 Å². The molecule has 1 saturated heterocycles. The molecule has 0 unspecified atom stereocenters. The molecule has 5 nitrogen and oxygen atoms in total. The van der Waals surface area contributed by atoms with Gasteiger partial charge in [0.15, 0.2) is 0 Å². The summed E-state index contributed by atoms with van der Waals surface area (Å²) >= 11 is 1.86. The molecule has 0 spiro atoms. The van der Waals surface area contributed by atoms with Crippen LogP contribution in [0.2, 0.25) is 0 Å². The molecule has 1 aliphatic rings. The van der Waals surface area contributed by atoms with Crippen molar-refractivity contribution >= 4 is 33.6 Å². The Morgan fingerprint density at radius 3 is 2.67 bits per heavy atom. The van der Waals surface area contributed by atoms with Crippen molar-refractivity contribution in [3.8, 4) is 11.5 Å². The minimum absolute atomic E-state index is 0.0704. The van der Waals surface area contributed by atoms with Crippen molar-refractivity contribution in [1.29, 1.82) is 0 Å². The van der Waals surface area contributed by atoms with E-state index in [-0.39, 0.29) is 6.61 Å². The van der Waals surface area contributed by atoms with Crippen molar-refractivity contribution in [3.63, 3.8) is 0 Å². The Labute approximate surface area is 163 Å². The molecule has 3 aromatic rings. The van der Waals surface area contributed by atoms with Crippen LogP contribution in [0, 0.1) is 5.92 Å². The molecule has 27 heavy (non-hydrogen) atoms. The molecule has 0 radical (unpaired) electrons. The minimum Gasteiger partial charge on any atom is -0.497 e. The van der Waals surface area contributed by atoms with Crippen molar-refractivity contribution in [2.75, 3.05) is 33.1 Å². The number of hydrogen-bond donors (Lipinski definition) is 2. The standard InChI is InChI=1S/C21H24N2O3S/c1-25-15-3-4-19-17(8-15)21(27-12-13-5-6-22-10-13)18-9-16(26-2)7-14(11-24)20(18)23-19/h3-4,7-9,13,22,24H,5-6,10-12H2,1-2H3/t13-/m1/s1. The van der Waals surface area contributed by atoms with Crippen molar-refractivity contribution < 1.29 is 14.6 Å². The van der Waals surface area contributed by atoms with Crippen LogP contribution in [0.25, 0.3) is 21.8 Å². The molecular weight excluding hydrogens is 360 g/mol. The fraction of sp³-hybridized carbons (Fsp3) is 0.381. The Kier molecular flexibility index (Phi) is 5.38. The van der Waals surface area contributed by atoms with Gasteiger partial charge in [-0.1, -0.05) is 0 Å². The van der Waals surface area contributed by atoms with E-state index >= 15 is 0 Å². The van der Waals surface area contributed by atoms with Crippen molar-refractivity contribution in [2.45, 2.75) is 17.9 Å². The molecule has 0 aliphatic carbocycles. The average molecular weight is 385 g/mol. The zero-order valence-corrected chi connectivity index (χ0v) is 16.4. The van der Waals surface area contributed by atoms with Gasteiger partial charge in [0.25, 0.3) is 0 Å². The van der Waals surface area contributed by atoms with Crippen LogP contribution in [0.15, 0.2) is 35.2 Å². The predicted octanol–water partition coefficient (Wildman–Crippen LogP) is 3.60. The first kappa shape index (κ1) is 18.3. The van der Waals surface area contributed by atoms with Crippen LogP contribution >= 0.6 is 11.8 Å².